The van der Waals surface area contributed by atoms with E-state index >= 15 is 0 Å². The van der Waals surface area contributed by atoms with Crippen molar-refractivity contribution in [3.63, 3.8) is 0 Å². The van der Waals surface area contributed by atoms with Gasteiger partial charge in [-0.05, 0) is 42.2 Å². The number of hydrogen-bond donors (Lipinski definition) is 1. The molecule has 0 aromatic heterocycles. The van der Waals surface area contributed by atoms with Gasteiger partial charge in [0.25, 0.3) is 0 Å². The monoisotopic (exact) mass is 282 g/mol. The Bertz CT molecular complexity index is 675. The predicted octanol–water partition coefficient (Wildman–Crippen LogP) is 2.79. The number of nitrogens with one attached hydrogen (secondary N) is 1. The SMILES string of the molecule is O=C(Nc1ccc2ccccc2c1)C(=O)N1CCCCC1. The van der Waals surface area contributed by atoms with Gasteiger partial charge in [0.05, 0.1) is 0 Å². The van der Waals surface area contributed by atoms with Crippen LogP contribution in [0.1, 0.15) is 19.3 Å². The second-order valence-electron chi connectivity index (χ2n) is 5.37. The van der Waals surface area contributed by atoms with E-state index in [1.54, 1.807) is 4.90 Å². The van der Waals surface area contributed by atoms with E-state index in [1.165, 1.54) is 0 Å². The molecule has 2 aromatic carbocycles. The summed E-state index contributed by atoms with van der Waals surface area (Å²) in [6, 6.07) is 13.6. The molecule has 3 rings (SSSR count). The minimum Gasteiger partial charge on any atom is -0.334 e. The highest BCUT2D eigenvalue weighted by Gasteiger charge is 2.23. The van der Waals surface area contributed by atoms with Gasteiger partial charge in [-0.2, -0.15) is 0 Å². The summed E-state index contributed by atoms with van der Waals surface area (Å²) in [5.41, 5.74) is 0.657. The van der Waals surface area contributed by atoms with Crippen LogP contribution in [0.25, 0.3) is 10.8 Å². The Kier molecular flexibility index (Phi) is 3.86. The summed E-state index contributed by atoms with van der Waals surface area (Å²) >= 11 is 0. The maximum absolute atomic E-state index is 12.1. The number of piperidine rings is 1. The lowest BCUT2D eigenvalue weighted by Gasteiger charge is -2.25. The smallest absolute Gasteiger partial charge is 0.313 e. The van der Waals surface area contributed by atoms with Crippen LogP contribution in [0, 0.1) is 0 Å². The molecule has 108 valence electrons. The van der Waals surface area contributed by atoms with Crippen molar-refractivity contribution in [3.05, 3.63) is 42.5 Å². The highest BCUT2D eigenvalue weighted by atomic mass is 16.2. The summed E-state index contributed by atoms with van der Waals surface area (Å²) in [4.78, 5) is 25.8. The number of benzene rings is 2. The molecule has 2 amide bonds. The van der Waals surface area contributed by atoms with Gasteiger partial charge in [0.15, 0.2) is 0 Å². The van der Waals surface area contributed by atoms with Crippen molar-refractivity contribution in [1.29, 1.82) is 0 Å². The van der Waals surface area contributed by atoms with Crippen LogP contribution in [0.3, 0.4) is 0 Å². The number of likely N-dealkylation sites (tertiary alicyclic amines) is 1. The molecule has 2 aromatic rings. The number of carbonyl (C=O) groups excluding carboxylic acids is 2. The standard InChI is InChI=1S/C17H18N2O2/c20-16(17(21)19-10-4-1-5-11-19)18-15-9-8-13-6-2-3-7-14(13)12-15/h2-3,6-9,12H,1,4-5,10-11H2,(H,18,20). The molecule has 4 nitrogen and oxygen atoms in total. The Morgan fingerprint density at radius 3 is 2.38 bits per heavy atom. The largest absolute Gasteiger partial charge is 0.334 e. The van der Waals surface area contributed by atoms with Gasteiger partial charge in [-0.15, -0.1) is 0 Å². The lowest BCUT2D eigenvalue weighted by Crippen LogP contribution is -2.42. The molecule has 0 saturated carbocycles. The minimum atomic E-state index is -0.549. The molecule has 0 bridgehead atoms. The molecule has 0 atom stereocenters. The zero-order chi connectivity index (χ0) is 14.7. The molecule has 0 aliphatic carbocycles. The van der Waals surface area contributed by atoms with Gasteiger partial charge in [0.1, 0.15) is 0 Å². The van der Waals surface area contributed by atoms with Crippen molar-refractivity contribution >= 4 is 28.3 Å². The van der Waals surface area contributed by atoms with E-state index in [9.17, 15) is 9.59 Å². The van der Waals surface area contributed by atoms with Crippen molar-refractivity contribution in [2.75, 3.05) is 18.4 Å². The zero-order valence-corrected chi connectivity index (χ0v) is 11.8. The van der Waals surface area contributed by atoms with Gasteiger partial charge >= 0.3 is 11.8 Å². The molecule has 0 radical (unpaired) electrons. The van der Waals surface area contributed by atoms with Crippen molar-refractivity contribution in [2.45, 2.75) is 19.3 Å². The molecule has 1 saturated heterocycles. The first-order chi connectivity index (χ1) is 10.2. The summed E-state index contributed by atoms with van der Waals surface area (Å²) in [6.07, 6.45) is 3.10. The van der Waals surface area contributed by atoms with E-state index in [2.05, 4.69) is 5.32 Å². The van der Waals surface area contributed by atoms with Crippen molar-refractivity contribution in [1.82, 2.24) is 4.90 Å². The van der Waals surface area contributed by atoms with E-state index in [-0.39, 0.29) is 0 Å². The van der Waals surface area contributed by atoms with E-state index in [1.807, 2.05) is 42.5 Å². The fourth-order valence-corrected chi connectivity index (χ4v) is 2.69. The third-order valence-electron chi connectivity index (χ3n) is 3.84. The summed E-state index contributed by atoms with van der Waals surface area (Å²) < 4.78 is 0. The molecule has 4 heteroatoms. The van der Waals surface area contributed by atoms with Gasteiger partial charge in [0.2, 0.25) is 0 Å². The van der Waals surface area contributed by atoms with Gasteiger partial charge in [-0.1, -0.05) is 30.3 Å². The summed E-state index contributed by atoms with van der Waals surface area (Å²) in [7, 11) is 0. The normalized spacial score (nSPS) is 15.0. The maximum Gasteiger partial charge on any atom is 0.313 e. The molecule has 0 unspecified atom stereocenters. The fraction of sp³-hybridized carbons (Fsp3) is 0.294. The van der Waals surface area contributed by atoms with Gasteiger partial charge in [-0.3, -0.25) is 9.59 Å². The Hall–Kier alpha value is -2.36. The first-order valence-electron chi connectivity index (χ1n) is 7.33. The third kappa shape index (κ3) is 3.05. The van der Waals surface area contributed by atoms with Crippen LogP contribution in [0.4, 0.5) is 5.69 Å². The van der Waals surface area contributed by atoms with Crippen LogP contribution in [0.2, 0.25) is 0 Å². The Labute approximate surface area is 123 Å². The number of nitrogens with zero attached hydrogens (tertiary/aromatic N) is 1. The number of anilines is 1. The molecule has 1 fully saturated rings. The fourth-order valence-electron chi connectivity index (χ4n) is 2.69. The van der Waals surface area contributed by atoms with Gasteiger partial charge < -0.3 is 10.2 Å². The number of carbonyl (C=O) groups is 2. The molecular formula is C17H18N2O2. The highest BCUT2D eigenvalue weighted by molar-refractivity contribution is 6.39. The van der Waals surface area contributed by atoms with Crippen LogP contribution in [0.5, 0.6) is 0 Å². The van der Waals surface area contributed by atoms with Crippen LogP contribution in [-0.4, -0.2) is 29.8 Å². The molecule has 1 N–H and O–H groups in total. The number of rotatable bonds is 1. The predicted molar refractivity (Wildman–Crippen MR) is 83.0 cm³/mol. The Morgan fingerprint density at radius 2 is 1.62 bits per heavy atom. The number of hydrogen-bond acceptors (Lipinski definition) is 2. The van der Waals surface area contributed by atoms with Crippen LogP contribution in [0.15, 0.2) is 42.5 Å². The number of fused-ring (bicyclic) bond motifs is 1. The van der Waals surface area contributed by atoms with Gasteiger partial charge in [-0.25, -0.2) is 0 Å². The van der Waals surface area contributed by atoms with Crippen molar-refractivity contribution in [3.8, 4) is 0 Å². The average molecular weight is 282 g/mol. The second kappa shape index (κ2) is 5.95. The topological polar surface area (TPSA) is 49.4 Å². The van der Waals surface area contributed by atoms with E-state index in [0.29, 0.717) is 18.8 Å². The van der Waals surface area contributed by atoms with Crippen LogP contribution >= 0.6 is 0 Å². The Morgan fingerprint density at radius 1 is 0.905 bits per heavy atom. The molecular weight excluding hydrogens is 264 g/mol. The molecule has 1 aliphatic heterocycles. The highest BCUT2D eigenvalue weighted by Crippen LogP contribution is 2.19. The number of amides is 2. The average Bonchev–Trinajstić information content (AvgIpc) is 2.55. The second-order valence-corrected chi connectivity index (χ2v) is 5.37. The maximum atomic E-state index is 12.1. The molecule has 1 aliphatic rings. The van der Waals surface area contributed by atoms with Gasteiger partial charge in [0, 0.05) is 18.8 Å². The molecule has 0 spiro atoms. The summed E-state index contributed by atoms with van der Waals surface area (Å²) in [5, 5.41) is 4.85. The first kappa shape index (κ1) is 13.6. The van der Waals surface area contributed by atoms with Crippen molar-refractivity contribution in [2.24, 2.45) is 0 Å². The Balaban J connectivity index is 1.71. The lowest BCUT2D eigenvalue weighted by molar-refractivity contribution is -0.143. The zero-order valence-electron chi connectivity index (χ0n) is 11.8. The van der Waals surface area contributed by atoms with Crippen LogP contribution < -0.4 is 5.32 Å². The van der Waals surface area contributed by atoms with E-state index < -0.39 is 11.8 Å². The van der Waals surface area contributed by atoms with E-state index in [0.717, 1.165) is 30.0 Å². The quantitative estimate of drug-likeness (QED) is 0.818. The van der Waals surface area contributed by atoms with E-state index in [4.69, 9.17) is 0 Å². The minimum absolute atomic E-state index is 0.428. The third-order valence-corrected chi connectivity index (χ3v) is 3.84. The molecule has 1 heterocycles. The van der Waals surface area contributed by atoms with Crippen molar-refractivity contribution < 1.29 is 9.59 Å². The lowest BCUT2D eigenvalue weighted by atomic mass is 10.1. The summed E-state index contributed by atoms with van der Waals surface area (Å²) in [5.74, 6) is -0.977. The summed E-state index contributed by atoms with van der Waals surface area (Å²) in [6.45, 7) is 1.37. The molecule has 21 heavy (non-hydrogen) atoms. The first-order valence-corrected chi connectivity index (χ1v) is 7.33. The van der Waals surface area contributed by atoms with Crippen LogP contribution in [-0.2, 0) is 9.59 Å².